The second kappa shape index (κ2) is 7.59. The third kappa shape index (κ3) is 3.73. The molecule has 4 aromatic rings. The van der Waals surface area contributed by atoms with Crippen LogP contribution in [0.1, 0.15) is 26.3 Å². The summed E-state index contributed by atoms with van der Waals surface area (Å²) in [6, 6.07) is 17.9. The molecule has 2 aromatic carbocycles. The van der Waals surface area contributed by atoms with E-state index in [4.69, 9.17) is 4.74 Å². The summed E-state index contributed by atoms with van der Waals surface area (Å²) in [5.74, 6) is -0.779. The molecular weight excluding hydrogens is 366 g/mol. The number of methoxy groups -OCH3 is 1. The van der Waals surface area contributed by atoms with Crippen LogP contribution < -0.4 is 5.32 Å². The van der Waals surface area contributed by atoms with Crippen molar-refractivity contribution in [3.63, 3.8) is 0 Å². The normalized spacial score (nSPS) is 10.7. The van der Waals surface area contributed by atoms with Crippen molar-refractivity contribution in [1.82, 2.24) is 9.38 Å². The van der Waals surface area contributed by atoms with E-state index < -0.39 is 5.97 Å². The fraction of sp³-hybridized carbons (Fsp3) is 0.0870. The second-order valence-corrected chi connectivity index (χ2v) is 6.65. The number of aryl methyl sites for hydroxylation is 1. The smallest absolute Gasteiger partial charge is 0.337 e. The van der Waals surface area contributed by atoms with E-state index in [1.165, 1.54) is 13.2 Å². The van der Waals surface area contributed by atoms with Crippen molar-refractivity contribution in [2.75, 3.05) is 12.4 Å². The van der Waals surface area contributed by atoms with Gasteiger partial charge in [-0.3, -0.25) is 4.79 Å². The van der Waals surface area contributed by atoms with E-state index in [0.29, 0.717) is 16.8 Å². The van der Waals surface area contributed by atoms with Crippen LogP contribution in [0.15, 0.2) is 73.1 Å². The Balaban J connectivity index is 1.53. The zero-order valence-corrected chi connectivity index (χ0v) is 16.0. The summed E-state index contributed by atoms with van der Waals surface area (Å²) in [7, 11) is 1.31. The van der Waals surface area contributed by atoms with Gasteiger partial charge in [-0.2, -0.15) is 0 Å². The maximum absolute atomic E-state index is 12.5. The minimum Gasteiger partial charge on any atom is -0.465 e. The predicted molar refractivity (Wildman–Crippen MR) is 111 cm³/mol. The number of carbonyl (C=O) groups is 2. The maximum atomic E-state index is 12.5. The van der Waals surface area contributed by atoms with Gasteiger partial charge in [0.25, 0.3) is 5.91 Å². The highest BCUT2D eigenvalue weighted by molar-refractivity contribution is 6.05. The molecule has 2 heterocycles. The fourth-order valence-corrected chi connectivity index (χ4v) is 3.13. The van der Waals surface area contributed by atoms with Crippen LogP contribution in [-0.4, -0.2) is 28.4 Å². The number of carbonyl (C=O) groups excluding carboxylic acids is 2. The van der Waals surface area contributed by atoms with Crippen molar-refractivity contribution in [1.29, 1.82) is 0 Å². The molecule has 144 valence electrons. The molecule has 1 N–H and O–H groups in total. The molecular formula is C23H19N3O3. The van der Waals surface area contributed by atoms with Crippen LogP contribution in [0.2, 0.25) is 0 Å². The standard InChI is InChI=1S/C23H19N3O3/c1-15-5-4-12-26-14-20(25-21(15)26)16-8-10-19(11-9-16)24-22(27)17-6-3-7-18(13-17)23(28)29-2/h3-14H,1-2H3,(H,24,27). The highest BCUT2D eigenvalue weighted by Gasteiger charge is 2.11. The number of amides is 1. The van der Waals surface area contributed by atoms with Gasteiger partial charge in [0.15, 0.2) is 0 Å². The summed E-state index contributed by atoms with van der Waals surface area (Å²) < 4.78 is 6.69. The van der Waals surface area contributed by atoms with Crippen LogP contribution in [0, 0.1) is 6.92 Å². The molecule has 0 atom stereocenters. The molecule has 0 aliphatic carbocycles. The molecule has 0 unspecified atom stereocenters. The number of anilines is 1. The number of benzene rings is 2. The van der Waals surface area contributed by atoms with Gasteiger partial charge in [-0.25, -0.2) is 9.78 Å². The van der Waals surface area contributed by atoms with Crippen molar-refractivity contribution < 1.29 is 14.3 Å². The van der Waals surface area contributed by atoms with E-state index in [-0.39, 0.29) is 5.91 Å². The molecule has 0 aliphatic heterocycles. The number of nitrogens with one attached hydrogen (secondary N) is 1. The van der Waals surface area contributed by atoms with Gasteiger partial charge < -0.3 is 14.5 Å². The summed E-state index contributed by atoms with van der Waals surface area (Å²) in [5.41, 5.74) is 5.22. The highest BCUT2D eigenvalue weighted by Crippen LogP contribution is 2.22. The van der Waals surface area contributed by atoms with Gasteiger partial charge in [-0.1, -0.05) is 24.3 Å². The Morgan fingerprint density at radius 3 is 2.48 bits per heavy atom. The fourth-order valence-electron chi connectivity index (χ4n) is 3.13. The number of ether oxygens (including phenoxy) is 1. The largest absolute Gasteiger partial charge is 0.465 e. The zero-order valence-electron chi connectivity index (χ0n) is 16.0. The molecule has 0 saturated heterocycles. The first-order chi connectivity index (χ1) is 14.0. The van der Waals surface area contributed by atoms with Crippen LogP contribution >= 0.6 is 0 Å². The van der Waals surface area contributed by atoms with Crippen LogP contribution in [0.3, 0.4) is 0 Å². The van der Waals surface area contributed by atoms with Crippen LogP contribution in [-0.2, 0) is 4.74 Å². The molecule has 0 aliphatic rings. The van der Waals surface area contributed by atoms with E-state index in [1.54, 1.807) is 18.2 Å². The van der Waals surface area contributed by atoms with E-state index >= 15 is 0 Å². The van der Waals surface area contributed by atoms with Crippen LogP contribution in [0.25, 0.3) is 16.9 Å². The molecule has 0 spiro atoms. The monoisotopic (exact) mass is 385 g/mol. The molecule has 0 fully saturated rings. The minimum atomic E-state index is -0.480. The van der Waals surface area contributed by atoms with Gasteiger partial charge in [0, 0.05) is 29.2 Å². The molecule has 6 heteroatoms. The number of hydrogen-bond acceptors (Lipinski definition) is 4. The van der Waals surface area contributed by atoms with Gasteiger partial charge in [0.05, 0.1) is 18.4 Å². The summed E-state index contributed by atoms with van der Waals surface area (Å²) >= 11 is 0. The summed E-state index contributed by atoms with van der Waals surface area (Å²) in [6.07, 6.45) is 3.95. The lowest BCUT2D eigenvalue weighted by atomic mass is 10.1. The molecule has 0 saturated carbocycles. The van der Waals surface area contributed by atoms with E-state index in [1.807, 2.05) is 60.1 Å². The molecule has 2 aromatic heterocycles. The summed E-state index contributed by atoms with van der Waals surface area (Å²) in [6.45, 7) is 2.03. The Hall–Kier alpha value is -3.93. The molecule has 6 nitrogen and oxygen atoms in total. The average Bonchev–Trinajstić information content (AvgIpc) is 3.19. The number of rotatable bonds is 4. The SMILES string of the molecule is COC(=O)c1cccc(C(=O)Nc2ccc(-c3cn4cccc(C)c4n3)cc2)c1. The van der Waals surface area contributed by atoms with Gasteiger partial charge in [0.2, 0.25) is 0 Å². The number of nitrogens with zero attached hydrogens (tertiary/aromatic N) is 2. The Labute approximate surface area is 167 Å². The number of imidazole rings is 1. The Morgan fingerprint density at radius 2 is 1.76 bits per heavy atom. The minimum absolute atomic E-state index is 0.299. The molecule has 0 bridgehead atoms. The first-order valence-electron chi connectivity index (χ1n) is 9.09. The van der Waals surface area contributed by atoms with Gasteiger partial charge in [0.1, 0.15) is 5.65 Å². The Kier molecular flexibility index (Phi) is 4.83. The topological polar surface area (TPSA) is 72.7 Å². The highest BCUT2D eigenvalue weighted by atomic mass is 16.5. The van der Waals surface area contributed by atoms with E-state index in [2.05, 4.69) is 10.3 Å². The average molecular weight is 385 g/mol. The van der Waals surface area contributed by atoms with Crippen molar-refractivity contribution in [3.05, 3.63) is 89.7 Å². The number of pyridine rings is 1. The lowest BCUT2D eigenvalue weighted by Gasteiger charge is -2.07. The zero-order chi connectivity index (χ0) is 20.4. The van der Waals surface area contributed by atoms with E-state index in [9.17, 15) is 9.59 Å². The van der Waals surface area contributed by atoms with Gasteiger partial charge in [-0.05, 0) is 48.9 Å². The maximum Gasteiger partial charge on any atom is 0.337 e. The lowest BCUT2D eigenvalue weighted by Crippen LogP contribution is -2.13. The first kappa shape index (κ1) is 18.4. The third-order valence-corrected chi connectivity index (χ3v) is 4.66. The molecule has 4 rings (SSSR count). The van der Waals surface area contributed by atoms with Crippen molar-refractivity contribution in [2.24, 2.45) is 0 Å². The van der Waals surface area contributed by atoms with Gasteiger partial charge in [-0.15, -0.1) is 0 Å². The number of aromatic nitrogens is 2. The van der Waals surface area contributed by atoms with Crippen molar-refractivity contribution in [2.45, 2.75) is 6.92 Å². The van der Waals surface area contributed by atoms with Crippen molar-refractivity contribution in [3.8, 4) is 11.3 Å². The van der Waals surface area contributed by atoms with E-state index in [0.717, 1.165) is 22.5 Å². The lowest BCUT2D eigenvalue weighted by molar-refractivity contribution is 0.0600. The Morgan fingerprint density at radius 1 is 1.00 bits per heavy atom. The quantitative estimate of drug-likeness (QED) is 0.530. The second-order valence-electron chi connectivity index (χ2n) is 6.65. The molecule has 29 heavy (non-hydrogen) atoms. The number of fused-ring (bicyclic) bond motifs is 1. The van der Waals surface area contributed by atoms with Gasteiger partial charge >= 0.3 is 5.97 Å². The van der Waals surface area contributed by atoms with Crippen LogP contribution in [0.4, 0.5) is 5.69 Å². The first-order valence-corrected chi connectivity index (χ1v) is 9.09. The third-order valence-electron chi connectivity index (χ3n) is 4.66. The van der Waals surface area contributed by atoms with Crippen molar-refractivity contribution >= 4 is 23.2 Å². The predicted octanol–water partition coefficient (Wildman–Crippen LogP) is 4.35. The molecule has 1 amide bonds. The summed E-state index contributed by atoms with van der Waals surface area (Å²) in [5, 5.41) is 2.84. The number of esters is 1. The van der Waals surface area contributed by atoms with Crippen LogP contribution in [0.5, 0.6) is 0 Å². The Bertz CT molecular complexity index is 1210. The number of hydrogen-bond donors (Lipinski definition) is 1. The molecule has 0 radical (unpaired) electrons. The summed E-state index contributed by atoms with van der Waals surface area (Å²) in [4.78, 5) is 28.8.